The minimum absolute atomic E-state index is 0.0302. The van der Waals surface area contributed by atoms with Crippen molar-refractivity contribution in [3.05, 3.63) is 0 Å². The van der Waals surface area contributed by atoms with Crippen LogP contribution >= 0.6 is 0 Å². The molecule has 0 aromatic rings. The van der Waals surface area contributed by atoms with E-state index in [4.69, 9.17) is 5.11 Å². The lowest BCUT2D eigenvalue weighted by atomic mass is 9.85. The van der Waals surface area contributed by atoms with Gasteiger partial charge in [-0.25, -0.2) is 4.79 Å². The molecule has 1 amide bonds. The predicted molar refractivity (Wildman–Crippen MR) is 55.8 cm³/mol. The van der Waals surface area contributed by atoms with Gasteiger partial charge in [-0.3, -0.25) is 4.79 Å². The Morgan fingerprint density at radius 2 is 2.11 bits per heavy atom. The van der Waals surface area contributed by atoms with E-state index in [9.17, 15) is 22.8 Å². The molecule has 8 heteroatoms. The van der Waals surface area contributed by atoms with E-state index in [2.05, 4.69) is 5.32 Å². The van der Waals surface area contributed by atoms with Crippen molar-refractivity contribution in [1.82, 2.24) is 10.6 Å². The molecule has 0 saturated carbocycles. The molecule has 5 nitrogen and oxygen atoms in total. The van der Waals surface area contributed by atoms with Crippen molar-refractivity contribution in [3.8, 4) is 0 Å². The number of aliphatic carboxylic acids is 1. The first-order chi connectivity index (χ1) is 8.24. The summed E-state index contributed by atoms with van der Waals surface area (Å²) < 4.78 is 38.9. The summed E-state index contributed by atoms with van der Waals surface area (Å²) >= 11 is 0. The summed E-state index contributed by atoms with van der Waals surface area (Å²) in [6.45, 7) is 1.04. The lowest BCUT2D eigenvalue weighted by Gasteiger charge is -2.30. The number of halogens is 3. The normalized spacial score (nSPS) is 25.8. The fourth-order valence-electron chi connectivity index (χ4n) is 1.89. The van der Waals surface area contributed by atoms with Crippen molar-refractivity contribution >= 4 is 11.9 Å². The van der Waals surface area contributed by atoms with E-state index in [-0.39, 0.29) is 19.4 Å². The zero-order valence-electron chi connectivity index (χ0n) is 9.80. The molecule has 104 valence electrons. The highest BCUT2D eigenvalue weighted by Crippen LogP contribution is 2.43. The molecule has 1 fully saturated rings. The van der Waals surface area contributed by atoms with Gasteiger partial charge in [0.2, 0.25) is 5.91 Å². The Bertz CT molecular complexity index is 338. The van der Waals surface area contributed by atoms with Crippen LogP contribution in [-0.2, 0) is 9.59 Å². The fourth-order valence-corrected chi connectivity index (χ4v) is 1.89. The van der Waals surface area contributed by atoms with Crippen LogP contribution < -0.4 is 10.6 Å². The van der Waals surface area contributed by atoms with Crippen LogP contribution in [0.25, 0.3) is 0 Å². The van der Waals surface area contributed by atoms with Gasteiger partial charge >= 0.3 is 12.1 Å². The first-order valence-corrected chi connectivity index (χ1v) is 5.56. The number of alkyl halides is 3. The minimum atomic E-state index is -4.70. The van der Waals surface area contributed by atoms with Crippen molar-refractivity contribution in [1.29, 1.82) is 0 Å². The third kappa shape index (κ3) is 2.58. The van der Waals surface area contributed by atoms with Crippen LogP contribution in [0.1, 0.15) is 19.8 Å². The second-order valence-corrected chi connectivity index (χ2v) is 4.28. The molecule has 1 rings (SSSR count). The van der Waals surface area contributed by atoms with Crippen molar-refractivity contribution < 1.29 is 27.9 Å². The first kappa shape index (κ1) is 14.7. The van der Waals surface area contributed by atoms with Gasteiger partial charge in [0.1, 0.15) is 6.04 Å². The fraction of sp³-hybridized carbons (Fsp3) is 0.800. The van der Waals surface area contributed by atoms with E-state index in [1.165, 1.54) is 6.92 Å². The number of amides is 1. The lowest BCUT2D eigenvalue weighted by Crippen LogP contribution is -2.55. The zero-order valence-corrected chi connectivity index (χ0v) is 9.80. The summed E-state index contributed by atoms with van der Waals surface area (Å²) in [5.74, 6) is -2.61. The van der Waals surface area contributed by atoms with E-state index < -0.39 is 36.1 Å². The average Bonchev–Trinajstić information content (AvgIpc) is 2.74. The molecular formula is C10H15F3N2O3. The number of hydrogen-bond acceptors (Lipinski definition) is 3. The van der Waals surface area contributed by atoms with Crippen LogP contribution in [0.3, 0.4) is 0 Å². The van der Waals surface area contributed by atoms with Crippen LogP contribution in [0.15, 0.2) is 0 Å². The highest BCUT2D eigenvalue weighted by molar-refractivity contribution is 5.88. The first-order valence-electron chi connectivity index (χ1n) is 5.56. The molecule has 0 aromatic carbocycles. The number of carboxylic acids is 1. The van der Waals surface area contributed by atoms with E-state index in [1.807, 2.05) is 5.32 Å². The third-order valence-electron chi connectivity index (χ3n) is 3.14. The molecule has 1 heterocycles. The Labute approximate surface area is 102 Å². The monoisotopic (exact) mass is 268 g/mol. The molecule has 1 aliphatic rings. The molecule has 0 aromatic heterocycles. The minimum Gasteiger partial charge on any atom is -0.480 e. The summed E-state index contributed by atoms with van der Waals surface area (Å²) in [4.78, 5) is 22.5. The van der Waals surface area contributed by atoms with Gasteiger partial charge in [0.05, 0.1) is 0 Å². The molecule has 3 N–H and O–H groups in total. The van der Waals surface area contributed by atoms with Gasteiger partial charge in [0.15, 0.2) is 5.41 Å². The smallest absolute Gasteiger partial charge is 0.404 e. The summed E-state index contributed by atoms with van der Waals surface area (Å²) in [6, 6.07) is -1.29. The SMILES string of the molecule is CC[C@H](NC(=O)C1(C(F)(F)F)CCNC1)C(=O)O. The van der Waals surface area contributed by atoms with Gasteiger partial charge in [0, 0.05) is 6.54 Å². The zero-order chi connectivity index (χ0) is 14.0. The number of nitrogens with one attached hydrogen (secondary N) is 2. The van der Waals surface area contributed by atoms with Gasteiger partial charge in [-0.15, -0.1) is 0 Å². The van der Waals surface area contributed by atoms with Gasteiger partial charge in [-0.05, 0) is 19.4 Å². The lowest BCUT2D eigenvalue weighted by molar-refractivity contribution is -0.216. The summed E-state index contributed by atoms with van der Waals surface area (Å²) in [5.41, 5.74) is -2.52. The average molecular weight is 268 g/mol. The van der Waals surface area contributed by atoms with Crippen LogP contribution in [0.5, 0.6) is 0 Å². The second-order valence-electron chi connectivity index (χ2n) is 4.28. The highest BCUT2D eigenvalue weighted by Gasteiger charge is 2.61. The number of carbonyl (C=O) groups is 2. The van der Waals surface area contributed by atoms with Crippen LogP contribution in [0, 0.1) is 5.41 Å². The molecule has 0 bridgehead atoms. The number of carboxylic acid groups (broad SMARTS) is 1. The summed E-state index contributed by atoms with van der Waals surface area (Å²) in [6.07, 6.45) is -5.04. The van der Waals surface area contributed by atoms with Crippen molar-refractivity contribution in [2.75, 3.05) is 13.1 Å². The summed E-state index contributed by atoms with van der Waals surface area (Å²) in [5, 5.41) is 13.2. The Morgan fingerprint density at radius 1 is 1.50 bits per heavy atom. The van der Waals surface area contributed by atoms with Gasteiger partial charge in [-0.1, -0.05) is 6.92 Å². The van der Waals surface area contributed by atoms with Crippen LogP contribution in [-0.4, -0.2) is 42.3 Å². The number of hydrogen-bond donors (Lipinski definition) is 3. The highest BCUT2D eigenvalue weighted by atomic mass is 19.4. The molecular weight excluding hydrogens is 253 g/mol. The van der Waals surface area contributed by atoms with Gasteiger partial charge < -0.3 is 15.7 Å². The quantitative estimate of drug-likeness (QED) is 0.694. The van der Waals surface area contributed by atoms with E-state index in [0.717, 1.165) is 0 Å². The third-order valence-corrected chi connectivity index (χ3v) is 3.14. The molecule has 18 heavy (non-hydrogen) atoms. The Hall–Kier alpha value is -1.31. The topological polar surface area (TPSA) is 78.4 Å². The maximum Gasteiger partial charge on any atom is 0.404 e. The van der Waals surface area contributed by atoms with E-state index in [0.29, 0.717) is 0 Å². The maximum absolute atomic E-state index is 13.0. The van der Waals surface area contributed by atoms with Crippen LogP contribution in [0.2, 0.25) is 0 Å². The molecule has 1 saturated heterocycles. The van der Waals surface area contributed by atoms with Crippen molar-refractivity contribution in [2.24, 2.45) is 5.41 Å². The van der Waals surface area contributed by atoms with E-state index in [1.54, 1.807) is 0 Å². The van der Waals surface area contributed by atoms with Crippen LogP contribution in [0.4, 0.5) is 13.2 Å². The Kier molecular flexibility index (Phi) is 4.20. The Balaban J connectivity index is 2.88. The molecule has 0 aliphatic carbocycles. The van der Waals surface area contributed by atoms with E-state index >= 15 is 0 Å². The molecule has 0 radical (unpaired) electrons. The van der Waals surface area contributed by atoms with Crippen molar-refractivity contribution in [3.63, 3.8) is 0 Å². The Morgan fingerprint density at radius 3 is 2.44 bits per heavy atom. The standard InChI is InChI=1S/C10H15F3N2O3/c1-2-6(7(16)17)15-8(18)9(10(11,12)13)3-4-14-5-9/h6,14H,2-5H2,1H3,(H,15,18)(H,16,17)/t6-,9?/m0/s1. The molecule has 1 aliphatic heterocycles. The predicted octanol–water partition coefficient (Wildman–Crippen LogP) is 0.508. The molecule has 2 atom stereocenters. The maximum atomic E-state index is 13.0. The van der Waals surface area contributed by atoms with Gasteiger partial charge in [-0.2, -0.15) is 13.2 Å². The number of rotatable bonds is 4. The molecule has 0 spiro atoms. The second kappa shape index (κ2) is 5.13. The summed E-state index contributed by atoms with van der Waals surface area (Å²) in [7, 11) is 0. The number of carbonyl (C=O) groups excluding carboxylic acids is 1. The van der Waals surface area contributed by atoms with Gasteiger partial charge in [0.25, 0.3) is 0 Å². The molecule has 1 unspecified atom stereocenters. The van der Waals surface area contributed by atoms with Crippen molar-refractivity contribution in [2.45, 2.75) is 32.0 Å². The largest absolute Gasteiger partial charge is 0.480 e.